The molecule has 0 atom stereocenters. The number of pyridine rings is 1. The van der Waals surface area contributed by atoms with E-state index in [-0.39, 0.29) is 9.92 Å². The van der Waals surface area contributed by atoms with Gasteiger partial charge in [-0.15, -0.1) is 0 Å². The first-order valence-corrected chi connectivity index (χ1v) is 7.94. The van der Waals surface area contributed by atoms with Gasteiger partial charge in [-0.2, -0.15) is 0 Å². The molecule has 0 aliphatic rings. The van der Waals surface area contributed by atoms with Crippen LogP contribution in [-0.2, 0) is 10.0 Å². The van der Waals surface area contributed by atoms with Crippen LogP contribution in [0.25, 0.3) is 0 Å². The third-order valence-electron chi connectivity index (χ3n) is 2.43. The fourth-order valence-corrected chi connectivity index (χ4v) is 3.21. The molecule has 0 radical (unpaired) electrons. The minimum absolute atomic E-state index is 0.0442. The molecule has 0 spiro atoms. The number of hydrogen-bond acceptors (Lipinski definition) is 3. The first kappa shape index (κ1) is 14.3. The molecule has 1 aromatic carbocycles. The summed E-state index contributed by atoms with van der Waals surface area (Å²) in [6, 6.07) is 6.60. The average Bonchev–Trinajstić information content (AvgIpc) is 2.34. The van der Waals surface area contributed by atoms with Gasteiger partial charge in [0.1, 0.15) is 4.90 Å². The highest BCUT2D eigenvalue weighted by Crippen LogP contribution is 2.25. The summed E-state index contributed by atoms with van der Waals surface area (Å²) in [5.41, 5.74) is 1.40. The zero-order valence-corrected chi connectivity index (χ0v) is 13.1. The van der Waals surface area contributed by atoms with Gasteiger partial charge < -0.3 is 0 Å². The maximum atomic E-state index is 12.2. The van der Waals surface area contributed by atoms with Gasteiger partial charge in [0.15, 0.2) is 0 Å². The molecule has 2 rings (SSSR count). The van der Waals surface area contributed by atoms with Crippen molar-refractivity contribution in [2.24, 2.45) is 0 Å². The summed E-state index contributed by atoms with van der Waals surface area (Å²) in [5.74, 6) is 0. The van der Waals surface area contributed by atoms with Crippen molar-refractivity contribution in [2.45, 2.75) is 11.8 Å². The van der Waals surface area contributed by atoms with Crippen molar-refractivity contribution in [3.63, 3.8) is 0 Å². The van der Waals surface area contributed by atoms with Crippen LogP contribution in [0, 0.1) is 6.92 Å². The quantitative estimate of drug-likeness (QED) is 0.908. The molecular formula is C12H10BrClN2O2S. The van der Waals surface area contributed by atoms with E-state index in [1.807, 2.05) is 6.92 Å². The Bertz CT molecular complexity index is 719. The molecule has 0 fully saturated rings. The van der Waals surface area contributed by atoms with Crippen LogP contribution in [0.15, 0.2) is 46.0 Å². The highest BCUT2D eigenvalue weighted by atomic mass is 79.9. The molecule has 100 valence electrons. The van der Waals surface area contributed by atoms with E-state index in [1.165, 1.54) is 18.5 Å². The molecule has 0 unspecified atom stereocenters. The Hall–Kier alpha value is -1.11. The highest BCUT2D eigenvalue weighted by Gasteiger charge is 2.18. The van der Waals surface area contributed by atoms with Crippen molar-refractivity contribution in [3.05, 3.63) is 51.7 Å². The normalized spacial score (nSPS) is 11.3. The van der Waals surface area contributed by atoms with Crippen LogP contribution >= 0.6 is 27.5 Å². The number of benzene rings is 1. The lowest BCUT2D eigenvalue weighted by molar-refractivity contribution is 0.601. The van der Waals surface area contributed by atoms with E-state index in [1.54, 1.807) is 18.2 Å². The van der Waals surface area contributed by atoms with Crippen molar-refractivity contribution < 1.29 is 8.42 Å². The summed E-state index contributed by atoms with van der Waals surface area (Å²) in [4.78, 5) is 3.73. The van der Waals surface area contributed by atoms with E-state index in [0.717, 1.165) is 10.0 Å². The molecule has 0 aliphatic heterocycles. The first-order chi connectivity index (χ1) is 8.90. The van der Waals surface area contributed by atoms with Gasteiger partial charge in [0.2, 0.25) is 0 Å². The van der Waals surface area contributed by atoms with Crippen molar-refractivity contribution in [2.75, 3.05) is 4.72 Å². The summed E-state index contributed by atoms with van der Waals surface area (Å²) < 4.78 is 27.7. The lowest BCUT2D eigenvalue weighted by Crippen LogP contribution is -2.13. The lowest BCUT2D eigenvalue weighted by Gasteiger charge is -2.10. The predicted octanol–water partition coefficient (Wildman–Crippen LogP) is 3.61. The number of hydrogen-bond donors (Lipinski definition) is 1. The van der Waals surface area contributed by atoms with Crippen LogP contribution in [0.2, 0.25) is 5.02 Å². The summed E-state index contributed by atoms with van der Waals surface area (Å²) in [5, 5.41) is 0.135. The first-order valence-electron chi connectivity index (χ1n) is 5.28. The van der Waals surface area contributed by atoms with Gasteiger partial charge >= 0.3 is 0 Å². The lowest BCUT2D eigenvalue weighted by atomic mass is 10.2. The highest BCUT2D eigenvalue weighted by molar-refractivity contribution is 9.10. The van der Waals surface area contributed by atoms with Crippen molar-refractivity contribution in [1.29, 1.82) is 0 Å². The number of nitrogens with zero attached hydrogens (tertiary/aromatic N) is 1. The second kappa shape index (κ2) is 5.48. The van der Waals surface area contributed by atoms with Gasteiger partial charge in [-0.1, -0.05) is 27.5 Å². The van der Waals surface area contributed by atoms with E-state index in [9.17, 15) is 8.42 Å². The monoisotopic (exact) mass is 360 g/mol. The molecular weight excluding hydrogens is 352 g/mol. The predicted molar refractivity (Wildman–Crippen MR) is 78.9 cm³/mol. The Morgan fingerprint density at radius 2 is 2.05 bits per heavy atom. The van der Waals surface area contributed by atoms with Crippen molar-refractivity contribution in [1.82, 2.24) is 4.98 Å². The van der Waals surface area contributed by atoms with Crippen LogP contribution in [0.1, 0.15) is 5.56 Å². The summed E-state index contributed by atoms with van der Waals surface area (Å²) >= 11 is 9.22. The van der Waals surface area contributed by atoms with Crippen LogP contribution in [0.5, 0.6) is 0 Å². The number of aryl methyl sites for hydroxylation is 1. The van der Waals surface area contributed by atoms with Gasteiger partial charge in [0, 0.05) is 22.6 Å². The molecule has 0 aliphatic carbocycles. The largest absolute Gasteiger partial charge is 0.280 e. The molecule has 0 saturated heterocycles. The van der Waals surface area contributed by atoms with Crippen LogP contribution in [-0.4, -0.2) is 13.4 Å². The van der Waals surface area contributed by atoms with E-state index in [4.69, 9.17) is 11.6 Å². The zero-order valence-electron chi connectivity index (χ0n) is 9.89. The maximum Gasteiger partial charge on any atom is 0.264 e. The number of anilines is 1. The zero-order chi connectivity index (χ0) is 14.0. The topological polar surface area (TPSA) is 59.1 Å². The fourth-order valence-electron chi connectivity index (χ4n) is 1.48. The SMILES string of the molecule is Cc1cc(NS(=O)(=O)c2cnccc2Cl)ccc1Br. The third kappa shape index (κ3) is 3.26. The van der Waals surface area contributed by atoms with Crippen LogP contribution in [0.4, 0.5) is 5.69 Å². The van der Waals surface area contributed by atoms with Crippen LogP contribution in [0.3, 0.4) is 0 Å². The Balaban J connectivity index is 2.37. The number of nitrogens with one attached hydrogen (secondary N) is 1. The second-order valence-corrected chi connectivity index (χ2v) is 6.79. The molecule has 1 aromatic heterocycles. The summed E-state index contributed by atoms with van der Waals surface area (Å²) in [6.07, 6.45) is 2.65. The van der Waals surface area contributed by atoms with Gasteiger partial charge in [-0.05, 0) is 36.8 Å². The average molecular weight is 362 g/mol. The Kier molecular flexibility index (Phi) is 4.13. The fraction of sp³-hybridized carbons (Fsp3) is 0.0833. The van der Waals surface area contributed by atoms with E-state index >= 15 is 0 Å². The molecule has 1 heterocycles. The van der Waals surface area contributed by atoms with Gasteiger partial charge in [0.25, 0.3) is 10.0 Å². The Morgan fingerprint density at radius 3 is 2.68 bits per heavy atom. The van der Waals surface area contributed by atoms with E-state index < -0.39 is 10.0 Å². The second-order valence-electron chi connectivity index (χ2n) is 3.88. The van der Waals surface area contributed by atoms with Gasteiger partial charge in [-0.3, -0.25) is 9.71 Å². The third-order valence-corrected chi connectivity index (χ3v) is 5.17. The minimum atomic E-state index is -3.73. The number of sulfonamides is 1. The molecule has 0 bridgehead atoms. The molecule has 1 N–H and O–H groups in total. The number of rotatable bonds is 3. The minimum Gasteiger partial charge on any atom is -0.280 e. The molecule has 0 amide bonds. The molecule has 19 heavy (non-hydrogen) atoms. The van der Waals surface area contributed by atoms with E-state index in [0.29, 0.717) is 5.69 Å². The maximum absolute atomic E-state index is 12.2. The standard InChI is InChI=1S/C12H10BrClN2O2S/c1-8-6-9(2-3-10(8)13)16-19(17,18)12-7-15-5-4-11(12)14/h2-7,16H,1H3. The summed E-state index contributed by atoms with van der Waals surface area (Å²) in [7, 11) is -3.73. The van der Waals surface area contributed by atoms with Gasteiger partial charge in [-0.25, -0.2) is 8.42 Å². The number of aromatic nitrogens is 1. The van der Waals surface area contributed by atoms with Crippen molar-refractivity contribution >= 4 is 43.2 Å². The van der Waals surface area contributed by atoms with Crippen molar-refractivity contribution in [3.8, 4) is 0 Å². The Morgan fingerprint density at radius 1 is 1.32 bits per heavy atom. The molecule has 4 nitrogen and oxygen atoms in total. The smallest absolute Gasteiger partial charge is 0.264 e. The number of halogens is 2. The summed E-state index contributed by atoms with van der Waals surface area (Å²) in [6.45, 7) is 1.87. The Labute approximate surface area is 125 Å². The van der Waals surface area contributed by atoms with Gasteiger partial charge in [0.05, 0.1) is 5.02 Å². The van der Waals surface area contributed by atoms with E-state index in [2.05, 4.69) is 25.6 Å². The molecule has 7 heteroatoms. The van der Waals surface area contributed by atoms with Crippen LogP contribution < -0.4 is 4.72 Å². The molecule has 0 saturated carbocycles. The molecule has 2 aromatic rings.